The molecule has 6 nitrogen and oxygen atoms in total. The minimum Gasteiger partial charge on any atom is -0.497 e. The number of Topliss-reactive ketones (excluding diaryl/α,β-unsaturated/α-hetero) is 1. The second kappa shape index (κ2) is 9.16. The summed E-state index contributed by atoms with van der Waals surface area (Å²) in [5.74, 6) is 1.22. The average molecular weight is 451 g/mol. The number of hydrogen-bond acceptors (Lipinski definition) is 6. The van der Waals surface area contributed by atoms with Crippen LogP contribution >= 0.6 is 11.6 Å². The molecular formula is C25H19ClO6. The Morgan fingerprint density at radius 1 is 0.969 bits per heavy atom. The lowest BCUT2D eigenvalue weighted by Crippen LogP contribution is -2.11. The molecule has 1 aliphatic rings. The number of ether oxygens (including phenoxy) is 4. The number of methoxy groups -OCH3 is 2. The van der Waals surface area contributed by atoms with Crippen LogP contribution < -0.4 is 18.9 Å². The smallest absolute Gasteiger partial charge is 0.315 e. The third-order valence-corrected chi connectivity index (χ3v) is 5.11. The Hall–Kier alpha value is -3.77. The molecule has 1 heterocycles. The topological polar surface area (TPSA) is 71.1 Å². The highest BCUT2D eigenvalue weighted by Crippen LogP contribution is 2.36. The van der Waals surface area contributed by atoms with Crippen molar-refractivity contribution in [3.8, 4) is 23.0 Å². The number of allylic oxidation sites excluding steroid dienone is 1. The van der Waals surface area contributed by atoms with E-state index in [9.17, 15) is 9.59 Å². The lowest BCUT2D eigenvalue weighted by atomic mass is 10.1. The van der Waals surface area contributed by atoms with Crippen LogP contribution in [0.25, 0.3) is 6.08 Å². The molecule has 7 heteroatoms. The summed E-state index contributed by atoms with van der Waals surface area (Å²) in [5, 5.41) is 0.595. The second-order valence-electron chi connectivity index (χ2n) is 6.98. The number of fused-ring (bicyclic) bond motifs is 1. The van der Waals surface area contributed by atoms with E-state index in [1.54, 1.807) is 74.9 Å². The van der Waals surface area contributed by atoms with Crippen LogP contribution in [0.4, 0.5) is 0 Å². The minimum absolute atomic E-state index is 0.0921. The van der Waals surface area contributed by atoms with Gasteiger partial charge in [0, 0.05) is 16.7 Å². The molecule has 0 radical (unpaired) electrons. The fraction of sp³-hybridized carbons (Fsp3) is 0.120. The Labute approximate surface area is 189 Å². The van der Waals surface area contributed by atoms with E-state index in [0.29, 0.717) is 33.4 Å². The first-order valence-electron chi connectivity index (χ1n) is 9.72. The highest BCUT2D eigenvalue weighted by atomic mass is 35.5. The Balaban J connectivity index is 1.52. The average Bonchev–Trinajstić information content (AvgIpc) is 3.09. The van der Waals surface area contributed by atoms with Gasteiger partial charge in [-0.15, -0.1) is 0 Å². The van der Waals surface area contributed by atoms with Gasteiger partial charge in [-0.2, -0.15) is 0 Å². The van der Waals surface area contributed by atoms with Gasteiger partial charge in [0.1, 0.15) is 23.0 Å². The van der Waals surface area contributed by atoms with Crippen LogP contribution in [0.3, 0.4) is 0 Å². The number of hydrogen-bond donors (Lipinski definition) is 0. The van der Waals surface area contributed by atoms with E-state index in [-0.39, 0.29) is 23.7 Å². The lowest BCUT2D eigenvalue weighted by molar-refractivity contribution is -0.133. The van der Waals surface area contributed by atoms with Crippen LogP contribution in [0.15, 0.2) is 66.4 Å². The largest absolute Gasteiger partial charge is 0.497 e. The number of benzene rings is 3. The van der Waals surface area contributed by atoms with Crippen LogP contribution in [0, 0.1) is 0 Å². The molecular weight excluding hydrogens is 432 g/mol. The normalized spacial score (nSPS) is 13.5. The number of carbonyl (C=O) groups is 2. The Morgan fingerprint density at radius 2 is 1.72 bits per heavy atom. The molecule has 0 unspecified atom stereocenters. The highest BCUT2D eigenvalue weighted by molar-refractivity contribution is 6.30. The molecule has 4 rings (SSSR count). The molecule has 0 spiro atoms. The predicted octanol–water partition coefficient (Wildman–Crippen LogP) is 5.12. The first-order valence-corrected chi connectivity index (χ1v) is 10.1. The number of halogens is 1. The van der Waals surface area contributed by atoms with Crippen molar-refractivity contribution in [1.82, 2.24) is 0 Å². The second-order valence-corrected chi connectivity index (χ2v) is 7.42. The third kappa shape index (κ3) is 4.60. The molecule has 0 saturated carbocycles. The first kappa shape index (κ1) is 21.5. The van der Waals surface area contributed by atoms with Gasteiger partial charge in [0.15, 0.2) is 5.76 Å². The van der Waals surface area contributed by atoms with Crippen LogP contribution in [-0.4, -0.2) is 26.0 Å². The van der Waals surface area contributed by atoms with Gasteiger partial charge in [-0.25, -0.2) is 0 Å². The van der Waals surface area contributed by atoms with Crippen molar-refractivity contribution >= 4 is 29.4 Å². The molecule has 0 N–H and O–H groups in total. The zero-order valence-electron chi connectivity index (χ0n) is 17.4. The van der Waals surface area contributed by atoms with Gasteiger partial charge in [0.05, 0.1) is 26.2 Å². The van der Waals surface area contributed by atoms with E-state index < -0.39 is 5.97 Å². The summed E-state index contributed by atoms with van der Waals surface area (Å²) in [6.07, 6.45) is 1.69. The van der Waals surface area contributed by atoms with Crippen molar-refractivity contribution in [2.75, 3.05) is 14.2 Å². The first-order chi connectivity index (χ1) is 15.5. The van der Waals surface area contributed by atoms with Gasteiger partial charge < -0.3 is 18.9 Å². The van der Waals surface area contributed by atoms with Crippen molar-refractivity contribution in [1.29, 1.82) is 0 Å². The molecule has 0 aliphatic carbocycles. The zero-order valence-corrected chi connectivity index (χ0v) is 18.1. The van der Waals surface area contributed by atoms with E-state index >= 15 is 0 Å². The van der Waals surface area contributed by atoms with Gasteiger partial charge in [-0.3, -0.25) is 9.59 Å². The number of ketones is 1. The summed E-state index contributed by atoms with van der Waals surface area (Å²) in [4.78, 5) is 25.0. The number of carbonyl (C=O) groups excluding carboxylic acids is 2. The Morgan fingerprint density at radius 3 is 2.44 bits per heavy atom. The molecule has 162 valence electrons. The van der Waals surface area contributed by atoms with Gasteiger partial charge in [0.25, 0.3) is 0 Å². The van der Waals surface area contributed by atoms with Crippen molar-refractivity contribution < 1.29 is 28.5 Å². The Bertz CT molecular complexity index is 1210. The molecule has 32 heavy (non-hydrogen) atoms. The lowest BCUT2D eigenvalue weighted by Gasteiger charge is -2.08. The molecule has 3 aromatic rings. The van der Waals surface area contributed by atoms with Crippen molar-refractivity contribution in [2.45, 2.75) is 6.42 Å². The van der Waals surface area contributed by atoms with Crippen molar-refractivity contribution in [3.63, 3.8) is 0 Å². The quantitative estimate of drug-likeness (QED) is 0.295. The molecule has 1 aliphatic heterocycles. The molecule has 0 aromatic heterocycles. The molecule has 0 fully saturated rings. The standard InChI is InChI=1S/C25H19ClO6/c1-29-18-8-10-21(30-2)16(12-18)13-23-25(28)20-9-7-19(14-22(20)32-23)31-24(27)11-15-3-5-17(26)6-4-15/h3-10,12-14H,11H2,1-2H3/b23-13-. The van der Waals surface area contributed by atoms with Crippen molar-refractivity contribution in [3.05, 3.63) is 88.1 Å². The summed E-state index contributed by atoms with van der Waals surface area (Å²) < 4.78 is 21.8. The van der Waals surface area contributed by atoms with Gasteiger partial charge in [-0.1, -0.05) is 23.7 Å². The fourth-order valence-corrected chi connectivity index (χ4v) is 3.39. The van der Waals surface area contributed by atoms with Crippen molar-refractivity contribution in [2.24, 2.45) is 0 Å². The summed E-state index contributed by atoms with van der Waals surface area (Å²) in [6, 6.07) is 16.9. The summed E-state index contributed by atoms with van der Waals surface area (Å²) in [6.45, 7) is 0. The zero-order chi connectivity index (χ0) is 22.7. The van der Waals surface area contributed by atoms with E-state index in [1.807, 2.05) is 0 Å². The van der Waals surface area contributed by atoms with E-state index in [1.165, 1.54) is 6.07 Å². The van der Waals surface area contributed by atoms with Crippen LogP contribution in [-0.2, 0) is 11.2 Å². The summed E-state index contributed by atoms with van der Waals surface area (Å²) >= 11 is 5.86. The molecule has 0 atom stereocenters. The molecule has 0 bridgehead atoms. The van der Waals surface area contributed by atoms with E-state index in [2.05, 4.69) is 0 Å². The Kier molecular flexibility index (Phi) is 6.14. The van der Waals surface area contributed by atoms with Gasteiger partial charge in [0.2, 0.25) is 5.78 Å². The summed E-state index contributed by atoms with van der Waals surface area (Å²) in [7, 11) is 3.10. The van der Waals surface area contributed by atoms with Crippen LogP contribution in [0.2, 0.25) is 5.02 Å². The predicted molar refractivity (Wildman–Crippen MR) is 120 cm³/mol. The van der Waals surface area contributed by atoms with Crippen LogP contribution in [0.5, 0.6) is 23.0 Å². The minimum atomic E-state index is -0.437. The molecule has 0 amide bonds. The SMILES string of the molecule is COc1ccc(OC)c(/C=C2\Oc3cc(OC(=O)Cc4ccc(Cl)cc4)ccc3C2=O)c1. The molecule has 0 saturated heterocycles. The monoisotopic (exact) mass is 450 g/mol. The maximum absolute atomic E-state index is 12.8. The van der Waals surface area contributed by atoms with E-state index in [0.717, 1.165) is 5.56 Å². The summed E-state index contributed by atoms with van der Waals surface area (Å²) in [5.41, 5.74) is 1.80. The highest BCUT2D eigenvalue weighted by Gasteiger charge is 2.28. The maximum atomic E-state index is 12.8. The van der Waals surface area contributed by atoms with E-state index in [4.69, 9.17) is 30.5 Å². The molecule has 3 aromatic carbocycles. The number of rotatable bonds is 6. The third-order valence-electron chi connectivity index (χ3n) is 4.86. The van der Waals surface area contributed by atoms with Gasteiger partial charge >= 0.3 is 5.97 Å². The van der Waals surface area contributed by atoms with Crippen LogP contribution in [0.1, 0.15) is 21.5 Å². The maximum Gasteiger partial charge on any atom is 0.315 e. The van der Waals surface area contributed by atoms with Gasteiger partial charge in [-0.05, 0) is 54.1 Å². The fourth-order valence-electron chi connectivity index (χ4n) is 3.26. The number of esters is 1.